The number of benzene rings is 2. The fourth-order valence-electron chi connectivity index (χ4n) is 2.49. The molecule has 0 aliphatic rings. The molecule has 3 aromatic rings. The third-order valence-corrected chi connectivity index (χ3v) is 5.60. The molecule has 5 nitrogen and oxygen atoms in total. The summed E-state index contributed by atoms with van der Waals surface area (Å²) in [4.78, 5) is 17.1. The molecule has 0 aliphatic heterocycles. The van der Waals surface area contributed by atoms with Gasteiger partial charge in [0.05, 0.1) is 34.0 Å². The number of aromatic nitrogens is 1. The number of aryl methyl sites for hydroxylation is 1. The first-order valence-electron chi connectivity index (χ1n) is 7.70. The second-order valence-electron chi connectivity index (χ2n) is 5.58. The number of nitrogens with zero attached hydrogens (tertiary/aromatic N) is 1. The average Bonchev–Trinajstić information content (AvgIpc) is 3.03. The van der Waals surface area contributed by atoms with Gasteiger partial charge in [-0.3, -0.25) is 4.79 Å². The lowest BCUT2D eigenvalue weighted by Gasteiger charge is -2.11. The Morgan fingerprint density at radius 1 is 1.35 bits per heavy atom. The number of hydrogen-bond acceptors (Lipinski definition) is 5. The highest BCUT2D eigenvalue weighted by Crippen LogP contribution is 2.30. The Hall–Kier alpha value is -1.90. The van der Waals surface area contributed by atoms with Crippen molar-refractivity contribution in [1.82, 2.24) is 4.98 Å². The number of carbonyl (C=O) groups is 1. The molecule has 0 spiro atoms. The number of nitrogens with one attached hydrogen (secondary N) is 1. The van der Waals surface area contributed by atoms with Crippen LogP contribution < -0.4 is 10.5 Å². The first-order valence-corrected chi connectivity index (χ1v) is 10.2. The lowest BCUT2D eigenvalue weighted by atomic mass is 10.1. The summed E-state index contributed by atoms with van der Waals surface area (Å²) in [7, 11) is 0. The number of hydrogen-bond donors (Lipinski definition) is 2. The van der Waals surface area contributed by atoms with Crippen molar-refractivity contribution in [2.75, 3.05) is 5.32 Å². The molecule has 0 saturated heterocycles. The largest absolute Gasteiger partial charge is 0.593 e. The molecule has 0 saturated carbocycles. The van der Waals surface area contributed by atoms with Crippen LogP contribution in [0.25, 0.3) is 11.3 Å². The molecule has 26 heavy (non-hydrogen) atoms. The summed E-state index contributed by atoms with van der Waals surface area (Å²) in [5, 5.41) is 11.7. The van der Waals surface area contributed by atoms with Crippen LogP contribution in [0.5, 0.6) is 0 Å². The molecule has 1 amide bonds. The number of thiazole rings is 1. The smallest absolute Gasteiger partial charge is 0.228 e. The highest BCUT2D eigenvalue weighted by molar-refractivity contribution is 7.89. The fourth-order valence-corrected chi connectivity index (χ4v) is 3.93. The summed E-state index contributed by atoms with van der Waals surface area (Å²) in [6.07, 6.45) is 0.147. The van der Waals surface area contributed by atoms with E-state index in [4.69, 9.17) is 16.7 Å². The zero-order chi connectivity index (χ0) is 18.7. The van der Waals surface area contributed by atoms with E-state index in [1.807, 2.05) is 24.4 Å². The zero-order valence-corrected chi connectivity index (χ0v) is 16.3. The van der Waals surface area contributed by atoms with Crippen LogP contribution >= 0.6 is 22.9 Å². The summed E-state index contributed by atoms with van der Waals surface area (Å²) in [6.45, 7) is 1.90. The van der Waals surface area contributed by atoms with Crippen molar-refractivity contribution in [3.05, 3.63) is 63.4 Å². The molecular weight excluding hydrogens is 390 g/mol. The molecule has 3 N–H and O–H groups in total. The minimum absolute atomic E-state index is 0.147. The SMILES string of the molecule is Cc1nc(-c2ccc(NC(=O)Cc3ccccc3Cl)cc2[S+](N)[O-])cs1. The molecule has 8 heteroatoms. The van der Waals surface area contributed by atoms with Gasteiger partial charge in [-0.15, -0.1) is 16.5 Å². The van der Waals surface area contributed by atoms with Crippen LogP contribution in [0, 0.1) is 6.92 Å². The van der Waals surface area contributed by atoms with E-state index in [-0.39, 0.29) is 12.3 Å². The zero-order valence-electron chi connectivity index (χ0n) is 13.9. The van der Waals surface area contributed by atoms with E-state index in [2.05, 4.69) is 10.3 Å². The lowest BCUT2D eigenvalue weighted by molar-refractivity contribution is -0.115. The Balaban J connectivity index is 1.81. The van der Waals surface area contributed by atoms with Crippen LogP contribution in [0.1, 0.15) is 10.6 Å². The summed E-state index contributed by atoms with van der Waals surface area (Å²) >= 11 is 5.88. The lowest BCUT2D eigenvalue weighted by Crippen LogP contribution is -2.17. The quantitative estimate of drug-likeness (QED) is 0.629. The van der Waals surface area contributed by atoms with Gasteiger partial charge in [0.15, 0.2) is 4.90 Å². The van der Waals surface area contributed by atoms with E-state index < -0.39 is 11.4 Å². The predicted octanol–water partition coefficient (Wildman–Crippen LogP) is 3.93. The Kier molecular flexibility index (Phi) is 5.95. The molecule has 0 bridgehead atoms. The fraction of sp³-hybridized carbons (Fsp3) is 0.111. The van der Waals surface area contributed by atoms with Gasteiger partial charge in [-0.25, -0.2) is 4.98 Å². The van der Waals surface area contributed by atoms with Crippen molar-refractivity contribution in [1.29, 1.82) is 0 Å². The number of amides is 1. The molecule has 0 aliphatic carbocycles. The van der Waals surface area contributed by atoms with Gasteiger partial charge in [0.1, 0.15) is 0 Å². The van der Waals surface area contributed by atoms with E-state index >= 15 is 0 Å². The number of nitrogens with two attached hydrogens (primary N) is 1. The second-order valence-corrected chi connectivity index (χ2v) is 8.08. The molecule has 1 heterocycles. The average molecular weight is 406 g/mol. The van der Waals surface area contributed by atoms with Gasteiger partial charge in [0, 0.05) is 22.2 Å². The molecular formula is C18H16ClN3O2S2. The van der Waals surface area contributed by atoms with Crippen molar-refractivity contribution < 1.29 is 9.35 Å². The summed E-state index contributed by atoms with van der Waals surface area (Å²) in [5.74, 6) is -0.218. The van der Waals surface area contributed by atoms with Crippen molar-refractivity contribution >= 4 is 45.9 Å². The normalized spacial score (nSPS) is 12.0. The number of rotatable bonds is 5. The molecule has 134 valence electrons. The molecule has 2 aromatic carbocycles. The third kappa shape index (κ3) is 4.44. The number of carbonyl (C=O) groups excluding carboxylic acids is 1. The topological polar surface area (TPSA) is 91.1 Å². The van der Waals surface area contributed by atoms with Gasteiger partial charge >= 0.3 is 0 Å². The van der Waals surface area contributed by atoms with Crippen LogP contribution in [-0.2, 0) is 22.6 Å². The Morgan fingerprint density at radius 3 is 2.77 bits per heavy atom. The highest BCUT2D eigenvalue weighted by Gasteiger charge is 2.18. The van der Waals surface area contributed by atoms with Crippen molar-refractivity contribution in [2.45, 2.75) is 18.2 Å². The maximum atomic E-state index is 12.3. The number of halogens is 1. The molecule has 1 atom stereocenters. The summed E-state index contributed by atoms with van der Waals surface area (Å²) in [5.41, 5.74) is 2.67. The van der Waals surface area contributed by atoms with Gasteiger partial charge in [-0.05, 0) is 30.7 Å². The van der Waals surface area contributed by atoms with E-state index in [0.717, 1.165) is 16.3 Å². The van der Waals surface area contributed by atoms with Gasteiger partial charge in [0.2, 0.25) is 5.91 Å². The standard InChI is InChI=1S/C18H16ClN3O2S2/c1-11-21-16(10-25-11)14-7-6-13(9-17(14)26(20)24)22-18(23)8-12-4-2-3-5-15(12)19/h2-7,9-10H,8,20H2,1H3,(H,22,23). The second kappa shape index (κ2) is 8.20. The predicted molar refractivity (Wildman–Crippen MR) is 107 cm³/mol. The maximum Gasteiger partial charge on any atom is 0.228 e. The monoisotopic (exact) mass is 405 g/mol. The highest BCUT2D eigenvalue weighted by atomic mass is 35.5. The molecule has 1 unspecified atom stereocenters. The van der Waals surface area contributed by atoms with Crippen LogP contribution in [0.2, 0.25) is 5.02 Å². The molecule has 0 radical (unpaired) electrons. The van der Waals surface area contributed by atoms with Gasteiger partial charge in [-0.1, -0.05) is 29.8 Å². The first-order chi connectivity index (χ1) is 12.4. The van der Waals surface area contributed by atoms with E-state index in [1.54, 1.807) is 30.3 Å². The summed E-state index contributed by atoms with van der Waals surface area (Å²) in [6, 6.07) is 12.3. The summed E-state index contributed by atoms with van der Waals surface area (Å²) < 4.78 is 12.0. The Morgan fingerprint density at radius 2 is 2.12 bits per heavy atom. The maximum absolute atomic E-state index is 12.3. The van der Waals surface area contributed by atoms with Gasteiger partial charge in [-0.2, -0.15) is 0 Å². The van der Waals surface area contributed by atoms with Crippen LogP contribution in [0.4, 0.5) is 5.69 Å². The van der Waals surface area contributed by atoms with Crippen molar-refractivity contribution in [2.24, 2.45) is 5.14 Å². The minimum atomic E-state index is -1.71. The number of anilines is 1. The van der Waals surface area contributed by atoms with Crippen LogP contribution in [-0.4, -0.2) is 15.4 Å². The van der Waals surface area contributed by atoms with Gasteiger partial charge in [0.25, 0.3) is 0 Å². The molecule has 3 rings (SSSR count). The Labute approximate surface area is 163 Å². The molecule has 1 aromatic heterocycles. The Bertz CT molecular complexity index is 944. The molecule has 0 fully saturated rings. The van der Waals surface area contributed by atoms with E-state index in [0.29, 0.717) is 21.2 Å². The first kappa shape index (κ1) is 18.9. The van der Waals surface area contributed by atoms with E-state index in [1.165, 1.54) is 11.3 Å². The van der Waals surface area contributed by atoms with Crippen LogP contribution in [0.3, 0.4) is 0 Å². The van der Waals surface area contributed by atoms with Gasteiger partial charge < -0.3 is 9.87 Å². The minimum Gasteiger partial charge on any atom is -0.593 e. The van der Waals surface area contributed by atoms with Crippen molar-refractivity contribution in [3.63, 3.8) is 0 Å². The van der Waals surface area contributed by atoms with Crippen molar-refractivity contribution in [3.8, 4) is 11.3 Å². The van der Waals surface area contributed by atoms with Crippen LogP contribution in [0.15, 0.2) is 52.7 Å². The third-order valence-electron chi connectivity index (χ3n) is 3.69. The van der Waals surface area contributed by atoms with E-state index in [9.17, 15) is 9.35 Å².